The second-order valence-corrected chi connectivity index (χ2v) is 13.8. The highest BCUT2D eigenvalue weighted by molar-refractivity contribution is 8.00. The number of anilines is 2. The molecule has 2 heterocycles. The van der Waals surface area contributed by atoms with Gasteiger partial charge < -0.3 is 24.8 Å². The van der Waals surface area contributed by atoms with Gasteiger partial charge >= 0.3 is 5.97 Å². The van der Waals surface area contributed by atoms with Crippen LogP contribution in [0.25, 0.3) is 0 Å². The van der Waals surface area contributed by atoms with Crippen molar-refractivity contribution in [3.8, 4) is 11.5 Å². The number of ether oxygens (including phenoxy) is 3. The molecule has 1 aliphatic heterocycles. The van der Waals surface area contributed by atoms with Crippen molar-refractivity contribution in [3.05, 3.63) is 136 Å². The van der Waals surface area contributed by atoms with Gasteiger partial charge in [-0.2, -0.15) is 0 Å². The van der Waals surface area contributed by atoms with E-state index in [4.69, 9.17) is 14.2 Å². The Labute approximate surface area is 299 Å². The molecule has 5 aromatic rings. The molecule has 1 atom stereocenters. The zero-order valence-corrected chi connectivity index (χ0v) is 29.6. The normalized spacial score (nSPS) is 13.1. The third-order valence-corrected chi connectivity index (χ3v) is 10.7. The molecule has 0 fully saturated rings. The van der Waals surface area contributed by atoms with Crippen molar-refractivity contribution in [1.29, 1.82) is 0 Å². The number of esters is 1. The van der Waals surface area contributed by atoms with Gasteiger partial charge in [-0.1, -0.05) is 72.8 Å². The molecule has 1 unspecified atom stereocenters. The first kappa shape index (κ1) is 34.8. The molecule has 1 aromatic heterocycles. The number of amides is 2. The van der Waals surface area contributed by atoms with Crippen molar-refractivity contribution >= 4 is 51.6 Å². The molecule has 2 N–H and O–H groups in total. The van der Waals surface area contributed by atoms with Gasteiger partial charge in [-0.3, -0.25) is 14.5 Å². The Balaban J connectivity index is 1.24. The lowest BCUT2D eigenvalue weighted by molar-refractivity contribution is -0.115. The highest BCUT2D eigenvalue weighted by atomic mass is 32.2. The summed E-state index contributed by atoms with van der Waals surface area (Å²) in [7, 11) is 4.36. The lowest BCUT2D eigenvalue weighted by atomic mass is 10.0. The maximum atomic E-state index is 14.2. The first-order valence-electron chi connectivity index (χ1n) is 16.0. The van der Waals surface area contributed by atoms with E-state index in [0.29, 0.717) is 40.7 Å². The summed E-state index contributed by atoms with van der Waals surface area (Å²) < 4.78 is 16.0. The lowest BCUT2D eigenvalue weighted by Gasteiger charge is -2.27. The van der Waals surface area contributed by atoms with Crippen molar-refractivity contribution in [3.63, 3.8) is 0 Å². The van der Waals surface area contributed by atoms with Crippen molar-refractivity contribution in [2.24, 2.45) is 0 Å². The molecule has 50 heavy (non-hydrogen) atoms. The molecule has 2 amide bonds. The lowest BCUT2D eigenvalue weighted by Crippen LogP contribution is -2.29. The smallest absolute Gasteiger partial charge is 0.341 e. The van der Waals surface area contributed by atoms with Gasteiger partial charge in [0.1, 0.15) is 27.3 Å². The van der Waals surface area contributed by atoms with E-state index in [1.807, 2.05) is 66.7 Å². The van der Waals surface area contributed by atoms with Crippen molar-refractivity contribution < 1.29 is 28.6 Å². The van der Waals surface area contributed by atoms with Gasteiger partial charge in [0.05, 0.1) is 26.9 Å². The van der Waals surface area contributed by atoms with Crippen LogP contribution in [0, 0.1) is 0 Å². The number of thiophene rings is 1. The summed E-state index contributed by atoms with van der Waals surface area (Å²) in [5.74, 6) is -0.358. The van der Waals surface area contributed by atoms with Crippen LogP contribution in [-0.2, 0) is 29.0 Å². The molecule has 11 heteroatoms. The van der Waals surface area contributed by atoms with E-state index in [9.17, 15) is 14.4 Å². The van der Waals surface area contributed by atoms with Crippen LogP contribution in [0.4, 0.5) is 10.7 Å². The average Bonchev–Trinajstić information content (AvgIpc) is 3.50. The monoisotopic (exact) mass is 707 g/mol. The number of benzene rings is 4. The predicted octanol–water partition coefficient (Wildman–Crippen LogP) is 7.83. The van der Waals surface area contributed by atoms with Gasteiger partial charge in [0.15, 0.2) is 0 Å². The average molecular weight is 708 g/mol. The maximum Gasteiger partial charge on any atom is 0.341 e. The third kappa shape index (κ3) is 7.86. The fourth-order valence-electron chi connectivity index (χ4n) is 5.97. The summed E-state index contributed by atoms with van der Waals surface area (Å²) in [4.78, 5) is 44.8. The standard InChI is InChI=1S/C39H37N3O6S2/c1-46-30-18-11-19-31(47-2)34(30)36(43)40-27-16-10-17-28(22-27)49-35(26-14-8-5-9-15-26)37(44)41-38-33(39(45)48-3)29-20-21-42(24-32(29)50-38)23-25-12-6-4-7-13-25/h4-19,22,35H,20-21,23-24H2,1-3H3,(H,40,43)(H,41,44). The molecule has 1 aliphatic rings. The Morgan fingerprint density at radius 3 is 2.18 bits per heavy atom. The van der Waals surface area contributed by atoms with Crippen molar-refractivity contribution in [2.45, 2.75) is 29.7 Å². The van der Waals surface area contributed by atoms with E-state index in [-0.39, 0.29) is 11.5 Å². The molecular weight excluding hydrogens is 671 g/mol. The van der Waals surface area contributed by atoms with E-state index in [2.05, 4.69) is 27.7 Å². The molecule has 0 bridgehead atoms. The summed E-state index contributed by atoms with van der Waals surface area (Å²) in [6.45, 7) is 2.26. The molecular formula is C39H37N3O6S2. The summed E-state index contributed by atoms with van der Waals surface area (Å²) in [6, 6.07) is 32.2. The first-order chi connectivity index (χ1) is 24.4. The number of methoxy groups -OCH3 is 3. The minimum atomic E-state index is -0.671. The Morgan fingerprint density at radius 2 is 1.50 bits per heavy atom. The summed E-state index contributed by atoms with van der Waals surface area (Å²) in [5.41, 5.74) is 4.19. The molecule has 0 saturated carbocycles. The number of carbonyl (C=O) groups is 3. The number of thioether (sulfide) groups is 1. The number of nitrogens with zero attached hydrogens (tertiary/aromatic N) is 1. The number of carbonyl (C=O) groups excluding carboxylic acids is 3. The molecule has 0 radical (unpaired) electrons. The quantitative estimate of drug-likeness (QED) is 0.0999. The van der Waals surface area contributed by atoms with Crippen LogP contribution in [-0.4, -0.2) is 50.6 Å². The topological polar surface area (TPSA) is 106 Å². The number of nitrogens with one attached hydrogen (secondary N) is 2. The van der Waals surface area contributed by atoms with Gasteiger partial charge in [-0.25, -0.2) is 4.79 Å². The summed E-state index contributed by atoms with van der Waals surface area (Å²) >= 11 is 2.77. The van der Waals surface area contributed by atoms with Crippen LogP contribution < -0.4 is 20.1 Å². The second kappa shape index (κ2) is 16.1. The zero-order chi connectivity index (χ0) is 35.0. The van der Waals surface area contributed by atoms with Gasteiger partial charge in [-0.05, 0) is 53.4 Å². The molecule has 0 spiro atoms. The van der Waals surface area contributed by atoms with Crippen LogP contribution in [0.15, 0.2) is 108 Å². The summed E-state index contributed by atoms with van der Waals surface area (Å²) in [6.07, 6.45) is 0.676. The van der Waals surface area contributed by atoms with Crippen LogP contribution in [0.3, 0.4) is 0 Å². The molecule has 9 nitrogen and oxygen atoms in total. The van der Waals surface area contributed by atoms with Crippen molar-refractivity contribution in [1.82, 2.24) is 4.90 Å². The Bertz CT molecular complexity index is 1960. The fourth-order valence-corrected chi connectivity index (χ4v) is 8.33. The van der Waals surface area contributed by atoms with Gasteiger partial charge in [0.2, 0.25) is 5.91 Å². The molecule has 0 aliphatic carbocycles. The molecule has 4 aromatic carbocycles. The number of hydrogen-bond acceptors (Lipinski definition) is 9. The second-order valence-electron chi connectivity index (χ2n) is 11.6. The van der Waals surface area contributed by atoms with Crippen LogP contribution >= 0.6 is 23.1 Å². The highest BCUT2D eigenvalue weighted by Gasteiger charge is 2.31. The Hall–Kier alpha value is -5.10. The SMILES string of the molecule is COC(=O)c1c(NC(=O)C(Sc2cccc(NC(=O)c3c(OC)cccc3OC)c2)c2ccccc2)sc2c1CCN(Cc1ccccc1)C2. The fraction of sp³-hybridized carbons (Fsp3) is 0.205. The first-order valence-corrected chi connectivity index (χ1v) is 17.7. The van der Waals surface area contributed by atoms with Crippen LogP contribution in [0.5, 0.6) is 11.5 Å². The minimum Gasteiger partial charge on any atom is -0.496 e. The Morgan fingerprint density at radius 1 is 0.820 bits per heavy atom. The minimum absolute atomic E-state index is 0.278. The maximum absolute atomic E-state index is 14.2. The molecule has 6 rings (SSSR count). The number of rotatable bonds is 12. The largest absolute Gasteiger partial charge is 0.496 e. The van der Waals surface area contributed by atoms with Crippen LogP contribution in [0.2, 0.25) is 0 Å². The number of hydrogen-bond donors (Lipinski definition) is 2. The van der Waals surface area contributed by atoms with E-state index >= 15 is 0 Å². The predicted molar refractivity (Wildman–Crippen MR) is 198 cm³/mol. The van der Waals surface area contributed by atoms with Gasteiger partial charge in [-0.15, -0.1) is 23.1 Å². The van der Waals surface area contributed by atoms with Gasteiger partial charge in [0, 0.05) is 35.1 Å². The van der Waals surface area contributed by atoms with Crippen molar-refractivity contribution in [2.75, 3.05) is 38.5 Å². The highest BCUT2D eigenvalue weighted by Crippen LogP contribution is 2.41. The third-order valence-electron chi connectivity index (χ3n) is 8.35. The summed E-state index contributed by atoms with van der Waals surface area (Å²) in [5, 5.41) is 5.86. The molecule has 256 valence electrons. The molecule has 0 saturated heterocycles. The van der Waals surface area contributed by atoms with Gasteiger partial charge in [0.25, 0.3) is 5.91 Å². The van der Waals surface area contributed by atoms with E-state index in [1.54, 1.807) is 24.3 Å². The Kier molecular flexibility index (Phi) is 11.2. The van der Waals surface area contributed by atoms with Crippen LogP contribution in [0.1, 0.15) is 47.5 Å². The van der Waals surface area contributed by atoms with E-state index in [0.717, 1.165) is 34.0 Å². The van der Waals surface area contributed by atoms with E-state index < -0.39 is 17.1 Å². The van der Waals surface area contributed by atoms with E-state index in [1.165, 1.54) is 50.0 Å². The zero-order valence-electron chi connectivity index (χ0n) is 27.9. The number of fused-ring (bicyclic) bond motifs is 1.